The Labute approximate surface area is 229 Å². The molecule has 0 unspecified atom stereocenters. The third-order valence-electron chi connectivity index (χ3n) is 7.04. The summed E-state index contributed by atoms with van der Waals surface area (Å²) in [6.07, 6.45) is -1.98. The number of fused-ring (bicyclic) bond motifs is 3. The molecule has 0 N–H and O–H groups in total. The summed E-state index contributed by atoms with van der Waals surface area (Å²) < 4.78 is 49.8. The average molecular weight is 563 g/mol. The summed E-state index contributed by atoms with van der Waals surface area (Å²) in [5.41, 5.74) is 1.93. The van der Waals surface area contributed by atoms with E-state index >= 15 is 0 Å². The van der Waals surface area contributed by atoms with Gasteiger partial charge in [0.15, 0.2) is 5.82 Å². The molecule has 0 spiro atoms. The van der Waals surface area contributed by atoms with Crippen LogP contribution in [-0.2, 0) is 17.8 Å². The van der Waals surface area contributed by atoms with Crippen LogP contribution in [-0.4, -0.2) is 37.7 Å². The van der Waals surface area contributed by atoms with Crippen molar-refractivity contribution < 1.29 is 27.4 Å². The molecule has 0 saturated heterocycles. The first-order chi connectivity index (χ1) is 18.4. The van der Waals surface area contributed by atoms with Gasteiger partial charge in [-0.3, -0.25) is 9.47 Å². The number of halogens is 4. The smallest absolute Gasteiger partial charge is 0.444 e. The number of amides is 1. The molecule has 2 aliphatic rings. The molecule has 1 aliphatic carbocycles. The number of alkyl halides is 3. The summed E-state index contributed by atoms with van der Waals surface area (Å²) in [6.45, 7) is 6.02. The van der Waals surface area contributed by atoms with E-state index in [0.29, 0.717) is 17.4 Å². The zero-order chi connectivity index (χ0) is 27.9. The molecule has 3 aromatic rings. The lowest BCUT2D eigenvalue weighted by Crippen LogP contribution is -2.35. The van der Waals surface area contributed by atoms with Crippen LogP contribution in [0.5, 0.6) is 5.75 Å². The monoisotopic (exact) mass is 562 g/mol. The molecule has 2 aromatic carbocycles. The van der Waals surface area contributed by atoms with Crippen molar-refractivity contribution in [3.8, 4) is 11.4 Å². The molecule has 208 valence electrons. The van der Waals surface area contributed by atoms with E-state index in [-0.39, 0.29) is 24.1 Å². The van der Waals surface area contributed by atoms with Gasteiger partial charge in [-0.1, -0.05) is 23.7 Å². The van der Waals surface area contributed by atoms with Gasteiger partial charge in [0.05, 0.1) is 18.8 Å². The van der Waals surface area contributed by atoms with Crippen molar-refractivity contribution in [1.29, 1.82) is 0 Å². The van der Waals surface area contributed by atoms with E-state index < -0.39 is 18.1 Å². The quantitative estimate of drug-likeness (QED) is 0.330. The van der Waals surface area contributed by atoms with Crippen LogP contribution in [0, 0.1) is 0 Å². The first-order valence-corrected chi connectivity index (χ1v) is 13.3. The van der Waals surface area contributed by atoms with Crippen LogP contribution < -0.4 is 4.74 Å². The molecule has 1 aliphatic heterocycles. The Hall–Kier alpha value is -3.27. The van der Waals surface area contributed by atoms with E-state index in [4.69, 9.17) is 16.3 Å². The molecule has 39 heavy (non-hydrogen) atoms. The van der Waals surface area contributed by atoms with Gasteiger partial charge in [0.2, 0.25) is 0 Å². The maximum atomic E-state index is 13.0. The minimum Gasteiger partial charge on any atom is -0.444 e. The van der Waals surface area contributed by atoms with Gasteiger partial charge in [-0.15, -0.1) is 23.4 Å². The minimum absolute atomic E-state index is 0.105. The Bertz CT molecular complexity index is 1360. The number of rotatable bonds is 3. The Balaban J connectivity index is 1.38. The molecular weight excluding hydrogens is 533 g/mol. The maximum Gasteiger partial charge on any atom is 0.573 e. The van der Waals surface area contributed by atoms with Gasteiger partial charge in [0.25, 0.3) is 0 Å². The Morgan fingerprint density at radius 3 is 2.38 bits per heavy atom. The predicted octanol–water partition coefficient (Wildman–Crippen LogP) is 7.51. The molecule has 2 heterocycles. The van der Waals surface area contributed by atoms with Crippen LogP contribution in [0.4, 0.5) is 18.0 Å². The van der Waals surface area contributed by atoms with Gasteiger partial charge in [0, 0.05) is 10.9 Å². The number of benzene rings is 2. The molecule has 1 aromatic heterocycles. The summed E-state index contributed by atoms with van der Waals surface area (Å²) in [5.74, 6) is 1.48. The van der Waals surface area contributed by atoms with Gasteiger partial charge in [0.1, 0.15) is 17.2 Å². The van der Waals surface area contributed by atoms with Crippen molar-refractivity contribution in [2.75, 3.05) is 0 Å². The molecule has 1 saturated carbocycles. The fourth-order valence-electron chi connectivity index (χ4n) is 5.40. The maximum absolute atomic E-state index is 13.0. The van der Waals surface area contributed by atoms with Gasteiger partial charge < -0.3 is 9.47 Å². The number of nitrogens with zero attached hydrogens (tertiary/aromatic N) is 4. The second kappa shape index (κ2) is 10.4. The van der Waals surface area contributed by atoms with Crippen LogP contribution >= 0.6 is 11.6 Å². The summed E-state index contributed by atoms with van der Waals surface area (Å²) in [5, 5.41) is 9.60. The van der Waals surface area contributed by atoms with Gasteiger partial charge in [-0.2, -0.15) is 0 Å². The summed E-state index contributed by atoms with van der Waals surface area (Å²) >= 11 is 6.33. The van der Waals surface area contributed by atoms with Crippen LogP contribution in [0.15, 0.2) is 42.5 Å². The van der Waals surface area contributed by atoms with E-state index in [2.05, 4.69) is 14.9 Å². The zero-order valence-electron chi connectivity index (χ0n) is 22.0. The van der Waals surface area contributed by atoms with E-state index in [9.17, 15) is 18.0 Å². The van der Waals surface area contributed by atoms with Gasteiger partial charge in [-0.05, 0) is 93.8 Å². The van der Waals surface area contributed by atoms with Crippen molar-refractivity contribution in [1.82, 2.24) is 19.7 Å². The standard InChI is InChI=1S/C28H30ClF3N4O3/c1-27(2,3)39-26(37)35-15-20-13-21(29)11-12-23(20)36-24(16-35)33-34-25(36)18-9-7-17(8-10-18)19-5-4-6-22(14-19)38-28(30,31)32/h4-6,11-14,17-18H,7-10,15-16H2,1-3H3. The highest BCUT2D eigenvalue weighted by Crippen LogP contribution is 2.42. The third-order valence-corrected chi connectivity index (χ3v) is 7.27. The topological polar surface area (TPSA) is 69.5 Å². The number of ether oxygens (including phenoxy) is 2. The largest absolute Gasteiger partial charge is 0.573 e. The summed E-state index contributed by atoms with van der Waals surface area (Å²) in [6, 6.07) is 11.8. The number of aromatic nitrogens is 3. The normalized spacial score (nSPS) is 19.6. The van der Waals surface area contributed by atoms with Crippen LogP contribution in [0.2, 0.25) is 5.02 Å². The number of hydrogen-bond acceptors (Lipinski definition) is 5. The second-order valence-corrected chi connectivity index (χ2v) is 11.5. The second-order valence-electron chi connectivity index (χ2n) is 11.1. The molecule has 0 atom stereocenters. The highest BCUT2D eigenvalue weighted by atomic mass is 35.5. The Kier molecular flexibility index (Phi) is 7.26. The Morgan fingerprint density at radius 1 is 0.974 bits per heavy atom. The van der Waals surface area contributed by atoms with Crippen molar-refractivity contribution >= 4 is 17.7 Å². The number of carbonyl (C=O) groups is 1. The molecule has 0 bridgehead atoms. The lowest BCUT2D eigenvalue weighted by Gasteiger charge is -2.29. The molecule has 5 rings (SSSR count). The zero-order valence-corrected chi connectivity index (χ0v) is 22.7. The lowest BCUT2D eigenvalue weighted by atomic mass is 9.78. The van der Waals surface area contributed by atoms with Gasteiger partial charge in [-0.25, -0.2) is 4.79 Å². The first-order valence-electron chi connectivity index (χ1n) is 12.9. The Morgan fingerprint density at radius 2 is 1.69 bits per heavy atom. The fourth-order valence-corrected chi connectivity index (χ4v) is 5.59. The van der Waals surface area contributed by atoms with Crippen LogP contribution in [0.1, 0.15) is 81.1 Å². The van der Waals surface area contributed by atoms with Crippen molar-refractivity contribution in [2.24, 2.45) is 0 Å². The predicted molar refractivity (Wildman–Crippen MR) is 139 cm³/mol. The minimum atomic E-state index is -4.72. The number of carbonyl (C=O) groups excluding carboxylic acids is 1. The molecule has 0 radical (unpaired) electrons. The highest BCUT2D eigenvalue weighted by Gasteiger charge is 2.34. The average Bonchev–Trinajstić information content (AvgIpc) is 3.18. The van der Waals surface area contributed by atoms with Crippen molar-refractivity contribution in [3.05, 3.63) is 70.3 Å². The third kappa shape index (κ3) is 6.32. The molecule has 7 nitrogen and oxygen atoms in total. The van der Waals surface area contributed by atoms with Crippen LogP contribution in [0.25, 0.3) is 5.69 Å². The van der Waals surface area contributed by atoms with Gasteiger partial charge >= 0.3 is 12.5 Å². The fraction of sp³-hybridized carbons (Fsp3) is 0.464. The molecular formula is C28H30ClF3N4O3. The molecule has 1 amide bonds. The van der Waals surface area contributed by atoms with E-state index in [1.807, 2.05) is 49.6 Å². The molecule has 11 heteroatoms. The summed E-state index contributed by atoms with van der Waals surface area (Å²) in [4.78, 5) is 14.6. The van der Waals surface area contributed by atoms with E-state index in [1.54, 1.807) is 11.0 Å². The number of hydrogen-bond donors (Lipinski definition) is 0. The van der Waals surface area contributed by atoms with Crippen molar-refractivity contribution in [2.45, 2.75) is 83.3 Å². The highest BCUT2D eigenvalue weighted by molar-refractivity contribution is 6.30. The van der Waals surface area contributed by atoms with E-state index in [1.165, 1.54) is 12.1 Å². The molecule has 1 fully saturated rings. The van der Waals surface area contributed by atoms with E-state index in [0.717, 1.165) is 48.3 Å². The summed E-state index contributed by atoms with van der Waals surface area (Å²) in [7, 11) is 0. The lowest BCUT2D eigenvalue weighted by molar-refractivity contribution is -0.274. The van der Waals surface area contributed by atoms with Crippen LogP contribution in [0.3, 0.4) is 0 Å². The SMILES string of the molecule is CC(C)(C)OC(=O)N1Cc2cc(Cl)ccc2-n2c(nnc2C2CCC(c3cccc(OC(F)(F)F)c3)CC2)C1. The van der Waals surface area contributed by atoms with Crippen molar-refractivity contribution in [3.63, 3.8) is 0 Å². The first kappa shape index (κ1) is 27.3.